The third kappa shape index (κ3) is 2.08. The number of nitrogens with two attached hydrogens (primary N) is 1. The van der Waals surface area contributed by atoms with Gasteiger partial charge >= 0.3 is 0 Å². The summed E-state index contributed by atoms with van der Waals surface area (Å²) in [5, 5.41) is 0. The van der Waals surface area contributed by atoms with Crippen molar-refractivity contribution in [1.29, 1.82) is 0 Å². The maximum atomic E-state index is 5.68. The number of aryl methyl sites for hydroxylation is 1. The van der Waals surface area contributed by atoms with E-state index in [0.717, 1.165) is 30.9 Å². The van der Waals surface area contributed by atoms with Gasteiger partial charge in [0.15, 0.2) is 0 Å². The van der Waals surface area contributed by atoms with Crippen molar-refractivity contribution >= 4 is 5.95 Å². The van der Waals surface area contributed by atoms with Gasteiger partial charge < -0.3 is 5.73 Å². The topological polar surface area (TPSA) is 64.7 Å². The number of anilines is 1. The first-order chi connectivity index (χ1) is 7.03. The highest BCUT2D eigenvalue weighted by Crippen LogP contribution is 2.57. The van der Waals surface area contributed by atoms with Gasteiger partial charge in [-0.1, -0.05) is 20.8 Å². The van der Waals surface area contributed by atoms with Crippen molar-refractivity contribution < 1.29 is 0 Å². The number of hydrogen-bond donors (Lipinski definition) is 1. The SMILES string of the molecule is CCCc1nc(N)nc(C2CC2(C)C)n1. The van der Waals surface area contributed by atoms with Gasteiger partial charge in [-0.3, -0.25) is 0 Å². The summed E-state index contributed by atoms with van der Waals surface area (Å²) in [6, 6.07) is 0. The smallest absolute Gasteiger partial charge is 0.223 e. The average molecular weight is 206 g/mol. The van der Waals surface area contributed by atoms with Gasteiger partial charge in [0.05, 0.1) is 0 Å². The van der Waals surface area contributed by atoms with Crippen molar-refractivity contribution in [1.82, 2.24) is 15.0 Å². The molecule has 4 heteroatoms. The van der Waals surface area contributed by atoms with Gasteiger partial charge in [0.2, 0.25) is 5.95 Å². The van der Waals surface area contributed by atoms with Gasteiger partial charge in [-0.25, -0.2) is 4.98 Å². The van der Waals surface area contributed by atoms with Crippen LogP contribution in [0.15, 0.2) is 0 Å². The average Bonchev–Trinajstić information content (AvgIpc) is 2.75. The lowest BCUT2D eigenvalue weighted by Crippen LogP contribution is -2.07. The summed E-state index contributed by atoms with van der Waals surface area (Å²) < 4.78 is 0. The van der Waals surface area contributed by atoms with Crippen LogP contribution < -0.4 is 5.73 Å². The minimum atomic E-state index is 0.345. The number of nitrogens with zero attached hydrogens (tertiary/aromatic N) is 3. The van der Waals surface area contributed by atoms with Crippen molar-refractivity contribution in [3.63, 3.8) is 0 Å². The molecule has 1 fully saturated rings. The Balaban J connectivity index is 2.25. The van der Waals surface area contributed by atoms with Crippen LogP contribution in [-0.2, 0) is 6.42 Å². The lowest BCUT2D eigenvalue weighted by atomic mass is 10.1. The first kappa shape index (κ1) is 10.3. The second kappa shape index (κ2) is 3.43. The van der Waals surface area contributed by atoms with Crippen LogP contribution in [-0.4, -0.2) is 15.0 Å². The Morgan fingerprint density at radius 2 is 2.00 bits per heavy atom. The van der Waals surface area contributed by atoms with Crippen molar-refractivity contribution in [2.75, 3.05) is 5.73 Å². The zero-order valence-electron chi connectivity index (χ0n) is 9.62. The first-order valence-corrected chi connectivity index (χ1v) is 5.53. The molecule has 4 nitrogen and oxygen atoms in total. The molecule has 2 rings (SSSR count). The van der Waals surface area contributed by atoms with Crippen LogP contribution in [0, 0.1) is 5.41 Å². The Morgan fingerprint density at radius 3 is 2.53 bits per heavy atom. The van der Waals surface area contributed by atoms with E-state index in [4.69, 9.17) is 5.73 Å². The molecule has 1 aliphatic carbocycles. The molecule has 1 unspecified atom stereocenters. The summed E-state index contributed by atoms with van der Waals surface area (Å²) in [7, 11) is 0. The monoisotopic (exact) mass is 206 g/mol. The van der Waals surface area contributed by atoms with E-state index in [-0.39, 0.29) is 0 Å². The standard InChI is InChI=1S/C11H18N4/c1-4-5-8-13-9(15-10(12)14-8)7-6-11(7,2)3/h7H,4-6H2,1-3H3,(H2,12,13,14,15). The zero-order chi connectivity index (χ0) is 11.1. The van der Waals surface area contributed by atoms with Gasteiger partial charge in [-0.05, 0) is 18.3 Å². The lowest BCUT2D eigenvalue weighted by molar-refractivity contribution is 0.604. The Kier molecular flexibility index (Phi) is 2.37. The van der Waals surface area contributed by atoms with Crippen LogP contribution in [0.5, 0.6) is 0 Å². The maximum absolute atomic E-state index is 5.68. The molecule has 2 N–H and O–H groups in total. The fourth-order valence-corrected chi connectivity index (χ4v) is 1.86. The summed E-state index contributed by atoms with van der Waals surface area (Å²) in [4.78, 5) is 12.8. The molecule has 0 aromatic carbocycles. The van der Waals surface area contributed by atoms with Crippen LogP contribution in [0.25, 0.3) is 0 Å². The Bertz CT molecular complexity index is 373. The largest absolute Gasteiger partial charge is 0.368 e. The van der Waals surface area contributed by atoms with Crippen molar-refractivity contribution in [2.45, 2.75) is 46.0 Å². The van der Waals surface area contributed by atoms with Crippen LogP contribution in [0.2, 0.25) is 0 Å². The van der Waals surface area contributed by atoms with Gasteiger partial charge in [-0.15, -0.1) is 0 Å². The van der Waals surface area contributed by atoms with E-state index in [1.54, 1.807) is 0 Å². The van der Waals surface area contributed by atoms with Gasteiger partial charge in [0, 0.05) is 12.3 Å². The highest BCUT2D eigenvalue weighted by molar-refractivity contribution is 5.23. The molecule has 0 aliphatic heterocycles. The molecule has 1 aromatic heterocycles. The van der Waals surface area contributed by atoms with Crippen LogP contribution in [0.3, 0.4) is 0 Å². The second-order valence-electron chi connectivity index (χ2n) is 4.96. The molecule has 1 saturated carbocycles. The fourth-order valence-electron chi connectivity index (χ4n) is 1.86. The van der Waals surface area contributed by atoms with Crippen molar-refractivity contribution in [3.8, 4) is 0 Å². The zero-order valence-corrected chi connectivity index (χ0v) is 9.62. The Morgan fingerprint density at radius 1 is 1.33 bits per heavy atom. The van der Waals surface area contributed by atoms with Gasteiger partial charge in [-0.2, -0.15) is 9.97 Å². The van der Waals surface area contributed by atoms with Gasteiger partial charge in [0.25, 0.3) is 0 Å². The number of aromatic nitrogens is 3. The molecule has 0 radical (unpaired) electrons. The summed E-state index contributed by atoms with van der Waals surface area (Å²) >= 11 is 0. The molecule has 1 aliphatic rings. The molecule has 15 heavy (non-hydrogen) atoms. The fraction of sp³-hybridized carbons (Fsp3) is 0.727. The second-order valence-corrected chi connectivity index (χ2v) is 4.96. The van der Waals surface area contributed by atoms with E-state index < -0.39 is 0 Å². The van der Waals surface area contributed by atoms with Gasteiger partial charge in [0.1, 0.15) is 11.6 Å². The van der Waals surface area contributed by atoms with Crippen LogP contribution >= 0.6 is 0 Å². The van der Waals surface area contributed by atoms with E-state index in [2.05, 4.69) is 35.7 Å². The first-order valence-electron chi connectivity index (χ1n) is 5.53. The van der Waals surface area contributed by atoms with Crippen molar-refractivity contribution in [3.05, 3.63) is 11.6 Å². The predicted octanol–water partition coefficient (Wildman–Crippen LogP) is 1.92. The predicted molar refractivity (Wildman–Crippen MR) is 59.4 cm³/mol. The summed E-state index contributed by atoms with van der Waals surface area (Å²) in [5.41, 5.74) is 6.03. The van der Waals surface area contributed by atoms with E-state index >= 15 is 0 Å². The Labute approximate surface area is 90.3 Å². The van der Waals surface area contributed by atoms with E-state index in [1.165, 1.54) is 0 Å². The number of rotatable bonds is 3. The van der Waals surface area contributed by atoms with E-state index in [1.807, 2.05) is 0 Å². The molecule has 0 amide bonds. The van der Waals surface area contributed by atoms with E-state index in [0.29, 0.717) is 17.3 Å². The number of nitrogen functional groups attached to an aromatic ring is 1. The molecule has 0 saturated heterocycles. The lowest BCUT2D eigenvalue weighted by Gasteiger charge is -2.05. The molecule has 1 aromatic rings. The minimum Gasteiger partial charge on any atom is -0.368 e. The molecule has 82 valence electrons. The molecular weight excluding hydrogens is 188 g/mol. The molecule has 1 atom stereocenters. The normalized spacial score (nSPS) is 22.7. The molecule has 1 heterocycles. The minimum absolute atomic E-state index is 0.345. The Hall–Kier alpha value is -1.19. The molecule has 0 spiro atoms. The summed E-state index contributed by atoms with van der Waals surface area (Å²) in [6.07, 6.45) is 3.08. The number of hydrogen-bond acceptors (Lipinski definition) is 4. The quantitative estimate of drug-likeness (QED) is 0.820. The van der Waals surface area contributed by atoms with Crippen LogP contribution in [0.4, 0.5) is 5.95 Å². The molecule has 0 bridgehead atoms. The van der Waals surface area contributed by atoms with E-state index in [9.17, 15) is 0 Å². The highest BCUT2D eigenvalue weighted by Gasteiger charge is 2.48. The summed E-state index contributed by atoms with van der Waals surface area (Å²) in [5.74, 6) is 2.56. The third-order valence-electron chi connectivity index (χ3n) is 3.02. The maximum Gasteiger partial charge on any atom is 0.223 e. The summed E-state index contributed by atoms with van der Waals surface area (Å²) in [6.45, 7) is 6.58. The molecular formula is C11H18N4. The third-order valence-corrected chi connectivity index (χ3v) is 3.02. The van der Waals surface area contributed by atoms with Crippen molar-refractivity contribution in [2.24, 2.45) is 5.41 Å². The van der Waals surface area contributed by atoms with Crippen LogP contribution in [0.1, 0.15) is 51.2 Å². The highest BCUT2D eigenvalue weighted by atomic mass is 15.1.